The number of carbonyl (C=O) groups is 1. The molecule has 1 aromatic heterocycles. The van der Waals surface area contributed by atoms with Crippen LogP contribution in [0.2, 0.25) is 15.1 Å². The third-order valence-electron chi connectivity index (χ3n) is 4.27. The number of carbonyl (C=O) groups excluding carboxylic acids is 1. The Kier molecular flexibility index (Phi) is 8.24. The summed E-state index contributed by atoms with van der Waals surface area (Å²) >= 11 is 17.6. The lowest BCUT2D eigenvalue weighted by atomic mass is 10.1. The van der Waals surface area contributed by atoms with Gasteiger partial charge in [0, 0.05) is 22.7 Å². The molecule has 0 fully saturated rings. The second kappa shape index (κ2) is 10.9. The minimum absolute atomic E-state index is 0.0379. The molecule has 34 heavy (non-hydrogen) atoms. The fourth-order valence-electron chi connectivity index (χ4n) is 2.65. The van der Waals surface area contributed by atoms with Crippen LogP contribution < -0.4 is 10.5 Å². The summed E-state index contributed by atoms with van der Waals surface area (Å²) in [5.74, 6) is -0.302. The van der Waals surface area contributed by atoms with Gasteiger partial charge in [-0.3, -0.25) is 4.98 Å². The van der Waals surface area contributed by atoms with E-state index in [1.54, 1.807) is 24.3 Å². The smallest absolute Gasteiger partial charge is 0.417 e. The molecule has 0 radical (unpaired) electrons. The third-order valence-corrected chi connectivity index (χ3v) is 5.04. The standard InChI is InChI=1S/C22H15Cl3F3N3O3/c23-15-6-13(7-16(24)9-15)21(32)34-31-20(29)5-12-1-3-17(4-2-12)33-11-19-18(25)8-14(10-30-19)22(26,27)28/h1-4,6-10H,5,11H2,(H2,29,31). The van der Waals surface area contributed by atoms with Gasteiger partial charge in [-0.05, 0) is 42.0 Å². The summed E-state index contributed by atoms with van der Waals surface area (Å²) in [5, 5.41) is 4.01. The Labute approximate surface area is 207 Å². The van der Waals surface area contributed by atoms with E-state index in [2.05, 4.69) is 10.1 Å². The molecule has 0 aliphatic heterocycles. The van der Waals surface area contributed by atoms with Crippen LogP contribution in [-0.4, -0.2) is 16.8 Å². The highest BCUT2D eigenvalue weighted by Gasteiger charge is 2.31. The second-order valence-electron chi connectivity index (χ2n) is 6.88. The lowest BCUT2D eigenvalue weighted by molar-refractivity contribution is -0.137. The molecule has 0 atom stereocenters. The maximum Gasteiger partial charge on any atom is 0.417 e. The van der Waals surface area contributed by atoms with Crippen LogP contribution in [0.5, 0.6) is 5.75 Å². The number of hydrogen-bond donors (Lipinski definition) is 1. The van der Waals surface area contributed by atoms with Gasteiger partial charge in [-0.25, -0.2) is 4.79 Å². The van der Waals surface area contributed by atoms with Gasteiger partial charge >= 0.3 is 12.1 Å². The Hall–Kier alpha value is -3.01. The molecular weight excluding hydrogens is 518 g/mol. The van der Waals surface area contributed by atoms with Gasteiger partial charge in [-0.15, -0.1) is 0 Å². The molecule has 3 aromatic rings. The van der Waals surface area contributed by atoms with Crippen molar-refractivity contribution in [2.45, 2.75) is 19.2 Å². The lowest BCUT2D eigenvalue weighted by Gasteiger charge is -2.10. The Bertz CT molecular complexity index is 1200. The number of ether oxygens (including phenoxy) is 1. The molecule has 0 spiro atoms. The SMILES string of the molecule is NC(Cc1ccc(OCc2ncc(C(F)(F)F)cc2Cl)cc1)=NOC(=O)c1cc(Cl)cc(Cl)c1. The fourth-order valence-corrected chi connectivity index (χ4v) is 3.40. The van der Waals surface area contributed by atoms with Gasteiger partial charge in [-0.1, -0.05) is 52.1 Å². The van der Waals surface area contributed by atoms with Crippen molar-refractivity contribution in [3.8, 4) is 5.75 Å². The summed E-state index contributed by atoms with van der Waals surface area (Å²) < 4.78 is 43.6. The monoisotopic (exact) mass is 531 g/mol. The number of aromatic nitrogens is 1. The van der Waals surface area contributed by atoms with E-state index in [9.17, 15) is 18.0 Å². The normalized spacial score (nSPS) is 11.9. The Morgan fingerprint density at radius 2 is 1.68 bits per heavy atom. The summed E-state index contributed by atoms with van der Waals surface area (Å²) in [7, 11) is 0. The minimum atomic E-state index is -4.53. The first-order chi connectivity index (χ1) is 16.0. The highest BCUT2D eigenvalue weighted by molar-refractivity contribution is 6.35. The van der Waals surface area contributed by atoms with Crippen molar-refractivity contribution >= 4 is 46.6 Å². The number of oxime groups is 1. The van der Waals surface area contributed by atoms with E-state index in [1.807, 2.05) is 0 Å². The average molecular weight is 533 g/mol. The molecule has 0 bridgehead atoms. The van der Waals surface area contributed by atoms with Crippen LogP contribution >= 0.6 is 34.8 Å². The zero-order valence-corrected chi connectivity index (χ0v) is 19.3. The molecule has 1 heterocycles. The van der Waals surface area contributed by atoms with E-state index < -0.39 is 17.7 Å². The summed E-state index contributed by atoms with van der Waals surface area (Å²) in [6.07, 6.45) is -3.65. The largest absolute Gasteiger partial charge is 0.487 e. The van der Waals surface area contributed by atoms with Crippen molar-refractivity contribution in [1.29, 1.82) is 0 Å². The van der Waals surface area contributed by atoms with Crippen molar-refractivity contribution < 1.29 is 27.5 Å². The number of hydrogen-bond acceptors (Lipinski definition) is 5. The van der Waals surface area contributed by atoms with E-state index in [1.165, 1.54) is 18.2 Å². The van der Waals surface area contributed by atoms with Crippen molar-refractivity contribution in [1.82, 2.24) is 4.98 Å². The first kappa shape index (κ1) is 25.6. The van der Waals surface area contributed by atoms with Crippen LogP contribution in [0.1, 0.15) is 27.2 Å². The average Bonchev–Trinajstić information content (AvgIpc) is 2.76. The van der Waals surface area contributed by atoms with Crippen LogP contribution in [0.15, 0.2) is 59.9 Å². The van der Waals surface area contributed by atoms with Crippen LogP contribution in [0.4, 0.5) is 13.2 Å². The summed E-state index contributed by atoms with van der Waals surface area (Å²) in [5.41, 5.74) is 5.90. The number of amidine groups is 1. The molecule has 0 amide bonds. The van der Waals surface area contributed by atoms with Crippen LogP contribution in [0, 0.1) is 0 Å². The second-order valence-corrected chi connectivity index (χ2v) is 8.16. The van der Waals surface area contributed by atoms with E-state index in [0.29, 0.717) is 11.9 Å². The number of benzene rings is 2. The van der Waals surface area contributed by atoms with Gasteiger partial charge < -0.3 is 15.3 Å². The first-order valence-electron chi connectivity index (χ1n) is 9.44. The molecule has 0 aliphatic carbocycles. The van der Waals surface area contributed by atoms with Gasteiger partial charge in [-0.2, -0.15) is 13.2 Å². The number of pyridine rings is 1. The van der Waals surface area contributed by atoms with Crippen molar-refractivity contribution in [2.24, 2.45) is 10.9 Å². The fraction of sp³-hybridized carbons (Fsp3) is 0.136. The van der Waals surface area contributed by atoms with Crippen LogP contribution in [0.3, 0.4) is 0 Å². The van der Waals surface area contributed by atoms with Gasteiger partial charge in [0.15, 0.2) is 0 Å². The zero-order chi connectivity index (χ0) is 24.9. The number of nitrogens with zero attached hydrogens (tertiary/aromatic N) is 2. The molecule has 0 unspecified atom stereocenters. The van der Waals surface area contributed by atoms with Crippen LogP contribution in [-0.2, 0) is 24.0 Å². The molecular formula is C22H15Cl3F3N3O3. The van der Waals surface area contributed by atoms with Gasteiger partial charge in [0.05, 0.1) is 21.8 Å². The highest BCUT2D eigenvalue weighted by atomic mass is 35.5. The highest BCUT2D eigenvalue weighted by Crippen LogP contribution is 2.31. The van der Waals surface area contributed by atoms with Crippen molar-refractivity contribution in [2.75, 3.05) is 0 Å². The predicted octanol–water partition coefficient (Wildman–Crippen LogP) is 6.31. The van der Waals surface area contributed by atoms with Crippen LogP contribution in [0.25, 0.3) is 0 Å². The molecule has 178 valence electrons. The maximum atomic E-state index is 12.7. The molecule has 2 aromatic carbocycles. The number of rotatable bonds is 7. The molecule has 6 nitrogen and oxygen atoms in total. The van der Waals surface area contributed by atoms with E-state index in [0.717, 1.165) is 11.6 Å². The van der Waals surface area contributed by atoms with E-state index >= 15 is 0 Å². The lowest BCUT2D eigenvalue weighted by Crippen LogP contribution is -2.16. The van der Waals surface area contributed by atoms with Gasteiger partial charge in [0.1, 0.15) is 18.2 Å². The molecule has 2 N–H and O–H groups in total. The summed E-state index contributed by atoms with van der Waals surface area (Å²) in [6, 6.07) is 11.7. The topological polar surface area (TPSA) is 86.8 Å². The molecule has 0 aliphatic rings. The number of halogens is 6. The van der Waals surface area contributed by atoms with E-state index in [4.69, 9.17) is 50.1 Å². The van der Waals surface area contributed by atoms with Crippen molar-refractivity contribution in [3.05, 3.63) is 92.2 Å². The molecule has 0 saturated carbocycles. The Morgan fingerprint density at radius 1 is 1.03 bits per heavy atom. The van der Waals surface area contributed by atoms with Gasteiger partial charge in [0.25, 0.3) is 0 Å². The number of nitrogens with two attached hydrogens (primary N) is 1. The molecule has 3 rings (SSSR count). The summed E-state index contributed by atoms with van der Waals surface area (Å²) in [4.78, 5) is 20.6. The molecule has 12 heteroatoms. The number of alkyl halides is 3. The van der Waals surface area contributed by atoms with Gasteiger partial charge in [0.2, 0.25) is 0 Å². The Morgan fingerprint density at radius 3 is 2.26 bits per heavy atom. The predicted molar refractivity (Wildman–Crippen MR) is 122 cm³/mol. The first-order valence-corrected chi connectivity index (χ1v) is 10.6. The third kappa shape index (κ3) is 7.24. The van der Waals surface area contributed by atoms with Crippen molar-refractivity contribution in [3.63, 3.8) is 0 Å². The zero-order valence-electron chi connectivity index (χ0n) is 17.1. The maximum absolute atomic E-state index is 12.7. The molecule has 0 saturated heterocycles. The van der Waals surface area contributed by atoms with E-state index in [-0.39, 0.29) is 45.2 Å². The quantitative estimate of drug-likeness (QED) is 0.167. The summed E-state index contributed by atoms with van der Waals surface area (Å²) in [6.45, 7) is -0.122. The Balaban J connectivity index is 1.54. The minimum Gasteiger partial charge on any atom is -0.487 e.